The first-order chi connectivity index (χ1) is 10.1. The highest BCUT2D eigenvalue weighted by atomic mass is 35.5. The number of aryl methyl sites for hydroxylation is 2. The van der Waals surface area contributed by atoms with Gasteiger partial charge in [0, 0.05) is 22.6 Å². The van der Waals surface area contributed by atoms with Crippen LogP contribution < -0.4 is 5.32 Å². The summed E-state index contributed by atoms with van der Waals surface area (Å²) in [6.45, 7) is 4.32. The lowest BCUT2D eigenvalue weighted by molar-refractivity contribution is 0.657. The zero-order chi connectivity index (χ0) is 15.2. The van der Waals surface area contributed by atoms with Crippen molar-refractivity contribution in [1.29, 1.82) is 0 Å². The molecule has 1 N–H and O–H groups in total. The van der Waals surface area contributed by atoms with Crippen molar-refractivity contribution in [2.45, 2.75) is 25.6 Å². The van der Waals surface area contributed by atoms with Crippen LogP contribution in [-0.4, -0.2) is 12.8 Å². The van der Waals surface area contributed by atoms with Crippen molar-refractivity contribution >= 4 is 23.4 Å². The lowest BCUT2D eigenvalue weighted by Gasteiger charge is -2.19. The van der Waals surface area contributed by atoms with Gasteiger partial charge in [0.25, 0.3) is 0 Å². The zero-order valence-electron chi connectivity index (χ0n) is 12.8. The van der Waals surface area contributed by atoms with Crippen molar-refractivity contribution in [2.24, 2.45) is 0 Å². The van der Waals surface area contributed by atoms with E-state index in [0.29, 0.717) is 6.04 Å². The van der Waals surface area contributed by atoms with E-state index in [0.717, 1.165) is 16.5 Å². The van der Waals surface area contributed by atoms with Crippen LogP contribution in [0.15, 0.2) is 42.5 Å². The van der Waals surface area contributed by atoms with Crippen LogP contribution >= 0.6 is 23.4 Å². The zero-order valence-corrected chi connectivity index (χ0v) is 14.4. The van der Waals surface area contributed by atoms with Crippen LogP contribution in [0.2, 0.25) is 5.02 Å². The minimum atomic E-state index is 0.373. The molecule has 0 heterocycles. The molecule has 0 aliphatic heterocycles. The molecule has 0 saturated heterocycles. The molecule has 2 aromatic rings. The monoisotopic (exact) mass is 319 g/mol. The molecule has 0 aliphatic carbocycles. The average molecular weight is 320 g/mol. The average Bonchev–Trinajstić information content (AvgIpc) is 2.46. The van der Waals surface area contributed by atoms with Crippen LogP contribution in [0.3, 0.4) is 0 Å². The van der Waals surface area contributed by atoms with Crippen LogP contribution in [0.1, 0.15) is 28.3 Å². The fourth-order valence-corrected chi connectivity index (χ4v) is 3.90. The normalized spacial score (nSPS) is 12.4. The van der Waals surface area contributed by atoms with E-state index >= 15 is 0 Å². The summed E-state index contributed by atoms with van der Waals surface area (Å²) in [5.74, 6) is 1.98. The lowest BCUT2D eigenvalue weighted by Crippen LogP contribution is -2.19. The summed E-state index contributed by atoms with van der Waals surface area (Å²) in [6.07, 6.45) is 0. The van der Waals surface area contributed by atoms with Gasteiger partial charge in [-0.05, 0) is 43.7 Å². The molecule has 21 heavy (non-hydrogen) atoms. The SMILES string of the molecule is CNC(CSCc1ccccc1Cl)c1ccc(C)cc1C. The Bertz CT molecular complexity index is 598. The van der Waals surface area contributed by atoms with Crippen molar-refractivity contribution in [2.75, 3.05) is 12.8 Å². The Kier molecular flexibility index (Phi) is 6.16. The van der Waals surface area contributed by atoms with Gasteiger partial charge in [-0.2, -0.15) is 11.8 Å². The smallest absolute Gasteiger partial charge is 0.0446 e. The van der Waals surface area contributed by atoms with E-state index in [1.54, 1.807) is 0 Å². The first-order valence-corrected chi connectivity index (χ1v) is 8.70. The Hall–Kier alpha value is -0.960. The van der Waals surface area contributed by atoms with Gasteiger partial charge in [-0.25, -0.2) is 0 Å². The summed E-state index contributed by atoms with van der Waals surface area (Å²) in [7, 11) is 2.03. The third kappa shape index (κ3) is 4.50. The van der Waals surface area contributed by atoms with Crippen molar-refractivity contribution in [3.63, 3.8) is 0 Å². The summed E-state index contributed by atoms with van der Waals surface area (Å²) in [4.78, 5) is 0. The van der Waals surface area contributed by atoms with E-state index in [-0.39, 0.29) is 0 Å². The molecule has 112 valence electrons. The van der Waals surface area contributed by atoms with Gasteiger partial charge in [-0.15, -0.1) is 0 Å². The van der Waals surface area contributed by atoms with E-state index in [2.05, 4.69) is 43.4 Å². The molecule has 0 aromatic heterocycles. The molecule has 2 aromatic carbocycles. The molecule has 3 heteroatoms. The predicted molar refractivity (Wildman–Crippen MR) is 95.3 cm³/mol. The molecular weight excluding hydrogens is 298 g/mol. The molecule has 0 bridgehead atoms. The Labute approximate surface area is 137 Å². The largest absolute Gasteiger partial charge is 0.312 e. The van der Waals surface area contributed by atoms with Gasteiger partial charge in [-0.3, -0.25) is 0 Å². The Balaban J connectivity index is 1.98. The Morgan fingerprint density at radius 3 is 2.57 bits per heavy atom. The molecule has 0 radical (unpaired) electrons. The van der Waals surface area contributed by atoms with E-state index in [9.17, 15) is 0 Å². The number of halogens is 1. The molecule has 0 fully saturated rings. The van der Waals surface area contributed by atoms with E-state index in [1.165, 1.54) is 22.3 Å². The van der Waals surface area contributed by atoms with Gasteiger partial charge in [-0.1, -0.05) is 53.6 Å². The minimum Gasteiger partial charge on any atom is -0.312 e. The summed E-state index contributed by atoms with van der Waals surface area (Å²) in [5, 5.41) is 4.28. The van der Waals surface area contributed by atoms with Crippen LogP contribution in [0.4, 0.5) is 0 Å². The fourth-order valence-electron chi connectivity index (χ4n) is 2.45. The maximum absolute atomic E-state index is 6.20. The standard InChI is InChI=1S/C18H22ClNS/c1-13-8-9-16(14(2)10-13)18(20-3)12-21-11-15-6-4-5-7-17(15)19/h4-10,18,20H,11-12H2,1-3H3. The predicted octanol–water partition coefficient (Wildman–Crippen LogP) is 5.15. The second-order valence-corrected chi connectivity index (χ2v) is 6.75. The second kappa shape index (κ2) is 7.88. The maximum atomic E-state index is 6.20. The van der Waals surface area contributed by atoms with Gasteiger partial charge in [0.2, 0.25) is 0 Å². The van der Waals surface area contributed by atoms with Crippen molar-refractivity contribution in [1.82, 2.24) is 5.32 Å². The van der Waals surface area contributed by atoms with E-state index < -0.39 is 0 Å². The lowest BCUT2D eigenvalue weighted by atomic mass is 10.0. The minimum absolute atomic E-state index is 0.373. The molecule has 0 amide bonds. The number of nitrogens with one attached hydrogen (secondary N) is 1. The topological polar surface area (TPSA) is 12.0 Å². The Morgan fingerprint density at radius 1 is 1.14 bits per heavy atom. The fraction of sp³-hybridized carbons (Fsp3) is 0.333. The van der Waals surface area contributed by atoms with Crippen molar-refractivity contribution < 1.29 is 0 Å². The number of hydrogen-bond acceptors (Lipinski definition) is 2. The quantitative estimate of drug-likeness (QED) is 0.790. The van der Waals surface area contributed by atoms with Gasteiger partial charge in [0.15, 0.2) is 0 Å². The highest BCUT2D eigenvalue weighted by Gasteiger charge is 2.12. The second-order valence-electron chi connectivity index (χ2n) is 5.31. The summed E-state index contributed by atoms with van der Waals surface area (Å²) in [6, 6.07) is 15.1. The molecule has 2 rings (SSSR count). The van der Waals surface area contributed by atoms with Crippen molar-refractivity contribution in [3.8, 4) is 0 Å². The summed E-state index contributed by atoms with van der Waals surface area (Å²) in [5.41, 5.74) is 5.26. The molecule has 1 nitrogen and oxygen atoms in total. The molecule has 0 aliphatic rings. The molecule has 0 saturated carbocycles. The van der Waals surface area contributed by atoms with Crippen LogP contribution in [-0.2, 0) is 5.75 Å². The summed E-state index contributed by atoms with van der Waals surface area (Å²) >= 11 is 8.12. The number of thioether (sulfide) groups is 1. The van der Waals surface area contributed by atoms with Gasteiger partial charge in [0.05, 0.1) is 0 Å². The van der Waals surface area contributed by atoms with Gasteiger partial charge in [0.1, 0.15) is 0 Å². The molecular formula is C18H22ClNS. The maximum Gasteiger partial charge on any atom is 0.0446 e. The first kappa shape index (κ1) is 16.4. The van der Waals surface area contributed by atoms with Crippen LogP contribution in [0.25, 0.3) is 0 Å². The number of rotatable bonds is 6. The molecule has 1 atom stereocenters. The number of hydrogen-bond donors (Lipinski definition) is 1. The van der Waals surface area contributed by atoms with Crippen molar-refractivity contribution in [3.05, 3.63) is 69.7 Å². The van der Waals surface area contributed by atoms with E-state index in [1.807, 2.05) is 37.0 Å². The summed E-state index contributed by atoms with van der Waals surface area (Å²) < 4.78 is 0. The van der Waals surface area contributed by atoms with Gasteiger partial charge >= 0.3 is 0 Å². The Morgan fingerprint density at radius 2 is 1.90 bits per heavy atom. The third-order valence-electron chi connectivity index (χ3n) is 3.65. The van der Waals surface area contributed by atoms with Crippen LogP contribution in [0, 0.1) is 13.8 Å². The van der Waals surface area contributed by atoms with E-state index in [4.69, 9.17) is 11.6 Å². The highest BCUT2D eigenvalue weighted by Crippen LogP contribution is 2.26. The highest BCUT2D eigenvalue weighted by molar-refractivity contribution is 7.98. The van der Waals surface area contributed by atoms with Crippen LogP contribution in [0.5, 0.6) is 0 Å². The first-order valence-electron chi connectivity index (χ1n) is 7.17. The number of benzene rings is 2. The third-order valence-corrected chi connectivity index (χ3v) is 5.10. The molecule has 1 unspecified atom stereocenters. The molecule has 0 spiro atoms. The van der Waals surface area contributed by atoms with Gasteiger partial charge < -0.3 is 5.32 Å².